The molecular weight excluding hydrogens is 234 g/mol. The number of anilines is 1. The summed E-state index contributed by atoms with van der Waals surface area (Å²) in [6.07, 6.45) is -0.154. The first-order chi connectivity index (χ1) is 8.52. The van der Waals surface area contributed by atoms with E-state index in [9.17, 15) is 9.59 Å². The van der Waals surface area contributed by atoms with Crippen LogP contribution in [0.3, 0.4) is 0 Å². The van der Waals surface area contributed by atoms with E-state index in [1.54, 1.807) is 38.1 Å². The molecule has 0 aliphatic carbocycles. The summed E-state index contributed by atoms with van der Waals surface area (Å²) in [5.41, 5.74) is 1.06. The van der Waals surface area contributed by atoms with Gasteiger partial charge in [0.05, 0.1) is 11.7 Å². The summed E-state index contributed by atoms with van der Waals surface area (Å²) in [5, 5.41) is 2.63. The number of methoxy groups -OCH3 is 1. The topological polar surface area (TPSA) is 64.6 Å². The van der Waals surface area contributed by atoms with Gasteiger partial charge in [0.2, 0.25) is 5.91 Å². The number of hydrogen-bond acceptors (Lipinski definition) is 4. The highest BCUT2D eigenvalue weighted by molar-refractivity contribution is 5.93. The molecule has 5 heteroatoms. The summed E-state index contributed by atoms with van der Waals surface area (Å²) >= 11 is 0. The number of esters is 1. The van der Waals surface area contributed by atoms with Gasteiger partial charge >= 0.3 is 5.97 Å². The highest BCUT2D eigenvalue weighted by Gasteiger charge is 2.09. The lowest BCUT2D eigenvalue weighted by atomic mass is 10.2. The molecule has 0 unspecified atom stereocenters. The van der Waals surface area contributed by atoms with Gasteiger partial charge in [-0.25, -0.2) is 4.79 Å². The first-order valence-corrected chi connectivity index (χ1v) is 5.62. The molecule has 0 heterocycles. The normalized spacial score (nSPS) is 10.2. The fourth-order valence-corrected chi connectivity index (χ4v) is 1.30. The maximum Gasteiger partial charge on any atom is 0.338 e. The summed E-state index contributed by atoms with van der Waals surface area (Å²) < 4.78 is 9.74. The van der Waals surface area contributed by atoms with E-state index in [0.29, 0.717) is 11.3 Å². The van der Waals surface area contributed by atoms with Gasteiger partial charge in [0.25, 0.3) is 0 Å². The molecule has 1 aromatic rings. The summed E-state index contributed by atoms with van der Waals surface area (Å²) in [7, 11) is 1.45. The van der Waals surface area contributed by atoms with Crippen molar-refractivity contribution in [1.29, 1.82) is 0 Å². The Morgan fingerprint density at radius 1 is 1.22 bits per heavy atom. The van der Waals surface area contributed by atoms with Crippen molar-refractivity contribution in [2.75, 3.05) is 19.0 Å². The van der Waals surface area contributed by atoms with Crippen molar-refractivity contribution in [2.24, 2.45) is 0 Å². The highest BCUT2D eigenvalue weighted by atomic mass is 16.5. The number of carbonyl (C=O) groups is 2. The molecule has 0 bridgehead atoms. The molecule has 1 rings (SSSR count). The number of benzene rings is 1. The molecular formula is C13H17NO4. The van der Waals surface area contributed by atoms with Crippen LogP contribution in [0.5, 0.6) is 0 Å². The molecule has 5 nitrogen and oxygen atoms in total. The smallest absolute Gasteiger partial charge is 0.338 e. The van der Waals surface area contributed by atoms with Crippen molar-refractivity contribution < 1.29 is 19.1 Å². The zero-order valence-electron chi connectivity index (χ0n) is 10.7. The van der Waals surface area contributed by atoms with Gasteiger partial charge in [-0.3, -0.25) is 4.79 Å². The van der Waals surface area contributed by atoms with Crippen molar-refractivity contribution in [2.45, 2.75) is 20.0 Å². The third-order valence-electron chi connectivity index (χ3n) is 2.02. The Morgan fingerprint density at radius 2 is 1.83 bits per heavy atom. The minimum Gasteiger partial charge on any atom is -0.459 e. The van der Waals surface area contributed by atoms with Crippen LogP contribution >= 0.6 is 0 Å². The quantitative estimate of drug-likeness (QED) is 0.811. The summed E-state index contributed by atoms with van der Waals surface area (Å²) in [6.45, 7) is 3.58. The molecule has 0 saturated carbocycles. The molecule has 0 radical (unpaired) electrons. The van der Waals surface area contributed by atoms with E-state index in [4.69, 9.17) is 9.47 Å². The second-order valence-electron chi connectivity index (χ2n) is 4.01. The second-order valence-corrected chi connectivity index (χ2v) is 4.01. The minimum atomic E-state index is -0.375. The molecule has 1 aromatic carbocycles. The zero-order chi connectivity index (χ0) is 13.5. The first-order valence-electron chi connectivity index (χ1n) is 5.62. The Bertz CT molecular complexity index is 412. The fourth-order valence-electron chi connectivity index (χ4n) is 1.30. The van der Waals surface area contributed by atoms with Crippen LogP contribution in [0.1, 0.15) is 24.2 Å². The Hall–Kier alpha value is -1.88. The predicted octanol–water partition coefficient (Wildman–Crippen LogP) is 1.84. The van der Waals surface area contributed by atoms with Gasteiger partial charge < -0.3 is 14.8 Å². The number of nitrogens with one attached hydrogen (secondary N) is 1. The molecule has 0 aliphatic rings. The van der Waals surface area contributed by atoms with Crippen LogP contribution in [0.25, 0.3) is 0 Å². The van der Waals surface area contributed by atoms with Crippen molar-refractivity contribution in [1.82, 2.24) is 0 Å². The SMILES string of the molecule is COCC(=O)Nc1ccc(C(=O)OC(C)C)cc1. The van der Waals surface area contributed by atoms with Crippen LogP contribution in [0.2, 0.25) is 0 Å². The number of rotatable bonds is 5. The third kappa shape index (κ3) is 4.55. The average Bonchev–Trinajstić information content (AvgIpc) is 2.29. The average molecular weight is 251 g/mol. The van der Waals surface area contributed by atoms with Gasteiger partial charge in [-0.2, -0.15) is 0 Å². The summed E-state index contributed by atoms with van der Waals surface area (Å²) in [4.78, 5) is 22.8. The Kier molecular flexibility index (Phi) is 5.32. The van der Waals surface area contributed by atoms with Gasteiger partial charge in [-0.15, -0.1) is 0 Å². The van der Waals surface area contributed by atoms with E-state index >= 15 is 0 Å². The molecule has 0 spiro atoms. The van der Waals surface area contributed by atoms with Crippen molar-refractivity contribution in [3.8, 4) is 0 Å². The predicted molar refractivity (Wildman–Crippen MR) is 67.5 cm³/mol. The monoisotopic (exact) mass is 251 g/mol. The van der Waals surface area contributed by atoms with E-state index in [0.717, 1.165) is 0 Å². The molecule has 0 fully saturated rings. The van der Waals surface area contributed by atoms with Gasteiger partial charge in [-0.05, 0) is 38.1 Å². The van der Waals surface area contributed by atoms with Crippen LogP contribution in [0, 0.1) is 0 Å². The van der Waals surface area contributed by atoms with E-state index in [1.807, 2.05) is 0 Å². The molecule has 0 aromatic heterocycles. The maximum atomic E-state index is 11.6. The molecule has 1 N–H and O–H groups in total. The number of carbonyl (C=O) groups excluding carboxylic acids is 2. The zero-order valence-corrected chi connectivity index (χ0v) is 10.7. The van der Waals surface area contributed by atoms with Crippen molar-refractivity contribution >= 4 is 17.6 Å². The Morgan fingerprint density at radius 3 is 2.33 bits per heavy atom. The van der Waals surface area contributed by atoms with Gasteiger partial charge in [-0.1, -0.05) is 0 Å². The Labute approximate surface area is 106 Å². The van der Waals surface area contributed by atoms with Crippen LogP contribution in [-0.4, -0.2) is 31.7 Å². The second kappa shape index (κ2) is 6.76. The van der Waals surface area contributed by atoms with E-state index in [-0.39, 0.29) is 24.6 Å². The third-order valence-corrected chi connectivity index (χ3v) is 2.02. The van der Waals surface area contributed by atoms with Crippen LogP contribution in [0.4, 0.5) is 5.69 Å². The summed E-state index contributed by atoms with van der Waals surface area (Å²) in [5.74, 6) is -0.616. The summed E-state index contributed by atoms with van der Waals surface area (Å²) in [6, 6.07) is 6.50. The fraction of sp³-hybridized carbons (Fsp3) is 0.385. The van der Waals surface area contributed by atoms with Crippen molar-refractivity contribution in [3.63, 3.8) is 0 Å². The van der Waals surface area contributed by atoms with Crippen molar-refractivity contribution in [3.05, 3.63) is 29.8 Å². The van der Waals surface area contributed by atoms with E-state index in [2.05, 4.69) is 5.32 Å². The molecule has 98 valence electrons. The highest BCUT2D eigenvalue weighted by Crippen LogP contribution is 2.11. The number of hydrogen-bond donors (Lipinski definition) is 1. The van der Waals surface area contributed by atoms with Crippen LogP contribution in [-0.2, 0) is 14.3 Å². The first kappa shape index (κ1) is 14.2. The lowest BCUT2D eigenvalue weighted by molar-refractivity contribution is -0.119. The molecule has 0 atom stereocenters. The maximum absolute atomic E-state index is 11.6. The van der Waals surface area contributed by atoms with Crippen LogP contribution in [0.15, 0.2) is 24.3 Å². The van der Waals surface area contributed by atoms with Gasteiger partial charge in [0.1, 0.15) is 6.61 Å². The molecule has 0 aliphatic heterocycles. The molecule has 18 heavy (non-hydrogen) atoms. The molecule has 0 saturated heterocycles. The van der Waals surface area contributed by atoms with Crippen LogP contribution < -0.4 is 5.32 Å². The number of ether oxygens (including phenoxy) is 2. The number of amides is 1. The van der Waals surface area contributed by atoms with E-state index in [1.165, 1.54) is 7.11 Å². The van der Waals surface area contributed by atoms with Gasteiger partial charge in [0, 0.05) is 12.8 Å². The minimum absolute atomic E-state index is 0.00283. The largest absolute Gasteiger partial charge is 0.459 e. The molecule has 1 amide bonds. The Balaban J connectivity index is 2.62. The lowest BCUT2D eigenvalue weighted by Crippen LogP contribution is -2.17. The lowest BCUT2D eigenvalue weighted by Gasteiger charge is -2.08. The van der Waals surface area contributed by atoms with Gasteiger partial charge in [0.15, 0.2) is 0 Å². The van der Waals surface area contributed by atoms with E-state index < -0.39 is 0 Å². The standard InChI is InChI=1S/C13H17NO4/c1-9(2)18-13(16)10-4-6-11(7-5-10)14-12(15)8-17-3/h4-7,9H,8H2,1-3H3,(H,14,15).